The first-order chi connectivity index (χ1) is 5.96. The summed E-state index contributed by atoms with van der Waals surface area (Å²) < 4.78 is 31.4. The summed E-state index contributed by atoms with van der Waals surface area (Å²) in [5, 5.41) is 0. The Bertz CT molecular complexity index is 307. The van der Waals surface area contributed by atoms with Gasteiger partial charge < -0.3 is 4.74 Å². The highest BCUT2D eigenvalue weighted by molar-refractivity contribution is 9.10. The molecule has 0 spiro atoms. The molecule has 0 fully saturated rings. The molecule has 1 aromatic carbocycles. The summed E-state index contributed by atoms with van der Waals surface area (Å²) >= 11 is 3.14. The summed E-state index contributed by atoms with van der Waals surface area (Å²) in [7, 11) is 1.37. The summed E-state index contributed by atoms with van der Waals surface area (Å²) in [5.41, 5.74) is -0.107. The lowest BCUT2D eigenvalue weighted by Gasteiger charge is -2.15. The fourth-order valence-electron chi connectivity index (χ4n) is 1.06. The zero-order valence-corrected chi connectivity index (χ0v) is 8.86. The van der Waals surface area contributed by atoms with E-state index in [1.54, 1.807) is 12.1 Å². The van der Waals surface area contributed by atoms with E-state index in [4.69, 9.17) is 4.74 Å². The molecule has 1 rings (SSSR count). The van der Waals surface area contributed by atoms with Crippen molar-refractivity contribution in [1.29, 1.82) is 0 Å². The van der Waals surface area contributed by atoms with Crippen LogP contribution in [0.2, 0.25) is 0 Å². The summed E-state index contributed by atoms with van der Waals surface area (Å²) in [6, 6.07) is 4.57. The van der Waals surface area contributed by atoms with Gasteiger partial charge in [0, 0.05) is 6.92 Å². The average molecular weight is 251 g/mol. The first kappa shape index (κ1) is 10.4. The quantitative estimate of drug-likeness (QED) is 0.780. The Morgan fingerprint density at radius 2 is 2.00 bits per heavy atom. The minimum Gasteiger partial charge on any atom is -0.495 e. The molecule has 0 aliphatic rings. The molecule has 0 unspecified atom stereocenters. The van der Waals surface area contributed by atoms with E-state index in [-0.39, 0.29) is 11.3 Å². The van der Waals surface area contributed by atoms with Crippen molar-refractivity contribution < 1.29 is 13.5 Å². The lowest BCUT2D eigenvalue weighted by Crippen LogP contribution is -2.09. The molecule has 0 aliphatic heterocycles. The van der Waals surface area contributed by atoms with Gasteiger partial charge in [0.2, 0.25) is 0 Å². The number of benzene rings is 1. The van der Waals surface area contributed by atoms with Crippen LogP contribution in [0.5, 0.6) is 5.75 Å². The third-order valence-electron chi connectivity index (χ3n) is 1.64. The summed E-state index contributed by atoms with van der Waals surface area (Å²) in [5.74, 6) is -2.69. The molecule has 13 heavy (non-hydrogen) atoms. The molecule has 0 atom stereocenters. The molecule has 4 heteroatoms. The molecule has 0 N–H and O–H groups in total. The molecule has 72 valence electrons. The lowest BCUT2D eigenvalue weighted by molar-refractivity contribution is 0.0150. The Kier molecular flexibility index (Phi) is 2.91. The molecule has 0 aromatic heterocycles. The number of hydrogen-bond acceptors (Lipinski definition) is 1. The summed E-state index contributed by atoms with van der Waals surface area (Å²) in [6.45, 7) is 0.845. The first-order valence-corrected chi connectivity index (χ1v) is 4.47. The molecule has 1 nitrogen and oxygen atoms in total. The SMILES string of the molecule is COc1c(Br)cccc1C(C)(F)F. The minimum absolute atomic E-state index is 0.107. The molecular formula is C9H9BrF2O. The van der Waals surface area contributed by atoms with Gasteiger partial charge in [0.15, 0.2) is 0 Å². The third-order valence-corrected chi connectivity index (χ3v) is 2.27. The van der Waals surface area contributed by atoms with Gasteiger partial charge in [-0.3, -0.25) is 0 Å². The predicted molar refractivity (Wildman–Crippen MR) is 50.3 cm³/mol. The topological polar surface area (TPSA) is 9.23 Å². The third kappa shape index (κ3) is 2.18. The van der Waals surface area contributed by atoms with Crippen LogP contribution in [0.25, 0.3) is 0 Å². The van der Waals surface area contributed by atoms with Crippen molar-refractivity contribution in [2.24, 2.45) is 0 Å². The lowest BCUT2D eigenvalue weighted by atomic mass is 10.1. The van der Waals surface area contributed by atoms with Crippen LogP contribution in [-0.4, -0.2) is 7.11 Å². The second kappa shape index (κ2) is 3.62. The molecule has 0 heterocycles. The van der Waals surface area contributed by atoms with E-state index in [9.17, 15) is 8.78 Å². The van der Waals surface area contributed by atoms with E-state index in [0.29, 0.717) is 4.47 Å². The number of halogens is 3. The van der Waals surface area contributed by atoms with E-state index in [1.807, 2.05) is 0 Å². The molecule has 0 saturated heterocycles. The number of rotatable bonds is 2. The van der Waals surface area contributed by atoms with Gasteiger partial charge in [-0.05, 0) is 28.1 Å². The fourth-order valence-corrected chi connectivity index (χ4v) is 1.59. The number of methoxy groups -OCH3 is 1. The van der Waals surface area contributed by atoms with E-state index in [2.05, 4.69) is 15.9 Å². The number of hydrogen-bond donors (Lipinski definition) is 0. The van der Waals surface area contributed by atoms with E-state index in [0.717, 1.165) is 6.92 Å². The van der Waals surface area contributed by atoms with Crippen LogP contribution < -0.4 is 4.74 Å². The van der Waals surface area contributed by atoms with Gasteiger partial charge >= 0.3 is 0 Å². The van der Waals surface area contributed by atoms with Crippen molar-refractivity contribution in [3.63, 3.8) is 0 Å². The second-order valence-corrected chi connectivity index (χ2v) is 3.56. The maximum atomic E-state index is 13.0. The average Bonchev–Trinajstić information content (AvgIpc) is 2.02. The van der Waals surface area contributed by atoms with Crippen LogP contribution in [0.1, 0.15) is 12.5 Å². The number of ether oxygens (including phenoxy) is 1. The van der Waals surface area contributed by atoms with Crippen molar-refractivity contribution in [2.45, 2.75) is 12.8 Å². The smallest absolute Gasteiger partial charge is 0.274 e. The van der Waals surface area contributed by atoms with Crippen molar-refractivity contribution in [3.8, 4) is 5.75 Å². The Balaban J connectivity index is 3.29. The largest absolute Gasteiger partial charge is 0.495 e. The molecule has 0 radical (unpaired) electrons. The van der Waals surface area contributed by atoms with Crippen molar-refractivity contribution in [3.05, 3.63) is 28.2 Å². The summed E-state index contributed by atoms with van der Waals surface area (Å²) in [6.07, 6.45) is 0. The van der Waals surface area contributed by atoms with Crippen LogP contribution in [0.4, 0.5) is 8.78 Å². The van der Waals surface area contributed by atoms with E-state index < -0.39 is 5.92 Å². The van der Waals surface area contributed by atoms with Crippen LogP contribution in [0.15, 0.2) is 22.7 Å². The zero-order chi connectivity index (χ0) is 10.1. The Labute approximate surface area is 83.8 Å². The van der Waals surface area contributed by atoms with Crippen molar-refractivity contribution in [2.75, 3.05) is 7.11 Å². The zero-order valence-electron chi connectivity index (χ0n) is 7.27. The molecular weight excluding hydrogens is 242 g/mol. The normalized spacial score (nSPS) is 11.5. The fraction of sp³-hybridized carbons (Fsp3) is 0.333. The van der Waals surface area contributed by atoms with Gasteiger partial charge in [0.05, 0.1) is 17.1 Å². The second-order valence-electron chi connectivity index (χ2n) is 2.71. The summed E-state index contributed by atoms with van der Waals surface area (Å²) in [4.78, 5) is 0. The Hall–Kier alpha value is -0.640. The van der Waals surface area contributed by atoms with Crippen LogP contribution in [0.3, 0.4) is 0 Å². The Morgan fingerprint density at radius 3 is 2.38 bits per heavy atom. The first-order valence-electron chi connectivity index (χ1n) is 3.67. The van der Waals surface area contributed by atoms with Gasteiger partial charge in [-0.15, -0.1) is 0 Å². The highest BCUT2D eigenvalue weighted by Gasteiger charge is 2.29. The van der Waals surface area contributed by atoms with Crippen LogP contribution >= 0.6 is 15.9 Å². The predicted octanol–water partition coefficient (Wildman–Crippen LogP) is 3.57. The van der Waals surface area contributed by atoms with E-state index in [1.165, 1.54) is 13.2 Å². The monoisotopic (exact) mass is 250 g/mol. The molecule has 0 aliphatic carbocycles. The van der Waals surface area contributed by atoms with Gasteiger partial charge in [-0.2, -0.15) is 0 Å². The number of alkyl halides is 2. The van der Waals surface area contributed by atoms with Gasteiger partial charge in [0.1, 0.15) is 5.75 Å². The Morgan fingerprint density at radius 1 is 1.38 bits per heavy atom. The standard InChI is InChI=1S/C9H9BrF2O/c1-9(11,12)6-4-3-5-7(10)8(6)13-2/h3-5H,1-2H3. The molecule has 0 bridgehead atoms. The van der Waals surface area contributed by atoms with Crippen molar-refractivity contribution in [1.82, 2.24) is 0 Å². The van der Waals surface area contributed by atoms with Gasteiger partial charge in [0.25, 0.3) is 5.92 Å². The van der Waals surface area contributed by atoms with E-state index >= 15 is 0 Å². The number of para-hydroxylation sites is 1. The molecule has 0 amide bonds. The van der Waals surface area contributed by atoms with Gasteiger partial charge in [-0.1, -0.05) is 6.07 Å². The van der Waals surface area contributed by atoms with Gasteiger partial charge in [-0.25, -0.2) is 8.78 Å². The maximum absolute atomic E-state index is 13.0. The van der Waals surface area contributed by atoms with Crippen LogP contribution in [0, 0.1) is 0 Å². The maximum Gasteiger partial charge on any atom is 0.274 e. The molecule has 0 saturated carbocycles. The van der Waals surface area contributed by atoms with Crippen molar-refractivity contribution >= 4 is 15.9 Å². The minimum atomic E-state index is -2.88. The highest BCUT2D eigenvalue weighted by Crippen LogP contribution is 2.38. The highest BCUT2D eigenvalue weighted by atomic mass is 79.9. The van der Waals surface area contributed by atoms with Crippen LogP contribution in [-0.2, 0) is 5.92 Å². The molecule has 1 aromatic rings.